The van der Waals surface area contributed by atoms with Crippen LogP contribution in [-0.4, -0.2) is 16.0 Å². The standard InChI is InChI=1S/C19H19N3O4/c1-4-13-5-6-14(9-17(13)22(24)25)20-18(23)10-16-15-8-11(2)7-12(3)19(15)26-21-16/h5-9H,4,10H2,1-3H3,(H,20,23). The highest BCUT2D eigenvalue weighted by Crippen LogP contribution is 2.26. The van der Waals surface area contributed by atoms with E-state index in [-0.39, 0.29) is 18.0 Å². The van der Waals surface area contributed by atoms with Crippen LogP contribution < -0.4 is 5.32 Å². The van der Waals surface area contributed by atoms with Crippen molar-refractivity contribution in [3.8, 4) is 0 Å². The van der Waals surface area contributed by atoms with Gasteiger partial charge >= 0.3 is 0 Å². The van der Waals surface area contributed by atoms with Gasteiger partial charge in [0.25, 0.3) is 5.69 Å². The van der Waals surface area contributed by atoms with E-state index in [0.717, 1.165) is 16.5 Å². The quantitative estimate of drug-likeness (QED) is 0.550. The third-order valence-corrected chi connectivity index (χ3v) is 4.25. The maximum atomic E-state index is 12.4. The van der Waals surface area contributed by atoms with Gasteiger partial charge in [0, 0.05) is 22.7 Å². The normalized spacial score (nSPS) is 10.9. The number of nitro groups is 1. The second kappa shape index (κ2) is 6.95. The number of anilines is 1. The van der Waals surface area contributed by atoms with Gasteiger partial charge < -0.3 is 9.84 Å². The third-order valence-electron chi connectivity index (χ3n) is 4.25. The van der Waals surface area contributed by atoms with Crippen LogP contribution in [0.15, 0.2) is 34.9 Å². The van der Waals surface area contributed by atoms with Crippen molar-refractivity contribution >= 4 is 28.3 Å². The summed E-state index contributed by atoms with van der Waals surface area (Å²) >= 11 is 0. The Kier molecular flexibility index (Phi) is 4.71. The summed E-state index contributed by atoms with van der Waals surface area (Å²) in [6.07, 6.45) is 0.577. The average molecular weight is 353 g/mol. The zero-order chi connectivity index (χ0) is 18.8. The molecule has 0 aliphatic rings. The van der Waals surface area contributed by atoms with Crippen molar-refractivity contribution in [2.45, 2.75) is 33.6 Å². The van der Waals surface area contributed by atoms with Crippen molar-refractivity contribution in [1.29, 1.82) is 0 Å². The van der Waals surface area contributed by atoms with Gasteiger partial charge in [-0.05, 0) is 43.5 Å². The minimum absolute atomic E-state index is 0.00318. The van der Waals surface area contributed by atoms with Crippen molar-refractivity contribution in [3.05, 3.63) is 62.8 Å². The number of benzene rings is 2. The molecule has 2 aromatic carbocycles. The zero-order valence-electron chi connectivity index (χ0n) is 14.8. The van der Waals surface area contributed by atoms with E-state index >= 15 is 0 Å². The van der Waals surface area contributed by atoms with Crippen LogP contribution in [0.25, 0.3) is 11.0 Å². The first kappa shape index (κ1) is 17.6. The summed E-state index contributed by atoms with van der Waals surface area (Å²) in [6.45, 7) is 5.75. The molecule has 3 rings (SSSR count). The van der Waals surface area contributed by atoms with Crippen molar-refractivity contribution in [1.82, 2.24) is 5.16 Å². The lowest BCUT2D eigenvalue weighted by Gasteiger charge is -2.06. The number of hydrogen-bond donors (Lipinski definition) is 1. The van der Waals surface area contributed by atoms with Crippen molar-refractivity contribution in [2.24, 2.45) is 0 Å². The highest BCUT2D eigenvalue weighted by atomic mass is 16.6. The minimum Gasteiger partial charge on any atom is -0.356 e. The monoisotopic (exact) mass is 353 g/mol. The molecule has 1 N–H and O–H groups in total. The van der Waals surface area contributed by atoms with Crippen LogP contribution in [-0.2, 0) is 17.6 Å². The molecule has 0 aliphatic carbocycles. The lowest BCUT2D eigenvalue weighted by atomic mass is 10.1. The molecular formula is C19H19N3O4. The molecule has 0 atom stereocenters. The number of hydrogen-bond acceptors (Lipinski definition) is 5. The van der Waals surface area contributed by atoms with E-state index in [1.165, 1.54) is 6.07 Å². The van der Waals surface area contributed by atoms with Crippen molar-refractivity contribution in [2.75, 3.05) is 5.32 Å². The number of amides is 1. The average Bonchev–Trinajstić information content (AvgIpc) is 2.97. The van der Waals surface area contributed by atoms with Crippen LogP contribution in [0.1, 0.15) is 29.3 Å². The van der Waals surface area contributed by atoms with Gasteiger partial charge in [-0.3, -0.25) is 14.9 Å². The molecule has 0 radical (unpaired) electrons. The number of aromatic nitrogens is 1. The summed E-state index contributed by atoms with van der Waals surface area (Å²) in [5.41, 5.74) is 4.25. The predicted octanol–water partition coefficient (Wildman–Crippen LogP) is 4.10. The van der Waals surface area contributed by atoms with Gasteiger partial charge in [0.2, 0.25) is 5.91 Å². The van der Waals surface area contributed by atoms with Gasteiger partial charge in [0.15, 0.2) is 5.58 Å². The molecule has 7 nitrogen and oxygen atoms in total. The molecule has 0 unspecified atom stereocenters. The summed E-state index contributed by atoms with van der Waals surface area (Å²) in [4.78, 5) is 23.1. The fraction of sp³-hybridized carbons (Fsp3) is 0.263. The van der Waals surface area contributed by atoms with E-state index in [4.69, 9.17) is 4.52 Å². The second-order valence-electron chi connectivity index (χ2n) is 6.27. The van der Waals surface area contributed by atoms with Crippen LogP contribution >= 0.6 is 0 Å². The Morgan fingerprint density at radius 3 is 2.73 bits per heavy atom. The fourth-order valence-electron chi connectivity index (χ4n) is 3.04. The SMILES string of the molecule is CCc1ccc(NC(=O)Cc2noc3c(C)cc(C)cc23)cc1[N+](=O)[O-]. The first-order chi connectivity index (χ1) is 12.4. The number of carbonyl (C=O) groups is 1. The number of fused-ring (bicyclic) bond motifs is 1. The number of carbonyl (C=O) groups excluding carboxylic acids is 1. The molecule has 0 saturated heterocycles. The highest BCUT2D eigenvalue weighted by molar-refractivity contribution is 5.95. The number of nitrogens with one attached hydrogen (secondary N) is 1. The number of nitro benzene ring substituents is 1. The van der Waals surface area contributed by atoms with Gasteiger partial charge in [-0.2, -0.15) is 0 Å². The topological polar surface area (TPSA) is 98.3 Å². The Balaban J connectivity index is 1.82. The van der Waals surface area contributed by atoms with Crippen molar-refractivity contribution in [3.63, 3.8) is 0 Å². The molecule has 0 saturated carbocycles. The van der Waals surface area contributed by atoms with Gasteiger partial charge in [-0.1, -0.05) is 24.2 Å². The first-order valence-electron chi connectivity index (χ1n) is 8.31. The molecule has 0 bridgehead atoms. The molecule has 0 aliphatic heterocycles. The highest BCUT2D eigenvalue weighted by Gasteiger charge is 2.17. The smallest absolute Gasteiger partial charge is 0.274 e. The van der Waals surface area contributed by atoms with E-state index in [1.807, 2.05) is 32.9 Å². The van der Waals surface area contributed by atoms with Crippen LogP contribution in [0.4, 0.5) is 11.4 Å². The van der Waals surface area contributed by atoms with E-state index in [1.54, 1.807) is 12.1 Å². The van der Waals surface area contributed by atoms with E-state index in [2.05, 4.69) is 10.5 Å². The Labute approximate surface area is 150 Å². The van der Waals surface area contributed by atoms with Gasteiger partial charge in [-0.15, -0.1) is 0 Å². The summed E-state index contributed by atoms with van der Waals surface area (Å²) < 4.78 is 5.35. The molecule has 1 amide bonds. The molecule has 1 aromatic heterocycles. The molecule has 1 heterocycles. The number of aryl methyl sites for hydroxylation is 3. The van der Waals surface area contributed by atoms with Crippen LogP contribution in [0.5, 0.6) is 0 Å². The zero-order valence-corrected chi connectivity index (χ0v) is 14.8. The maximum absolute atomic E-state index is 12.4. The first-order valence-corrected chi connectivity index (χ1v) is 8.31. The summed E-state index contributed by atoms with van der Waals surface area (Å²) in [5.74, 6) is -0.307. The van der Waals surface area contributed by atoms with Gasteiger partial charge in [0.05, 0.1) is 11.3 Å². The Hall–Kier alpha value is -3.22. The summed E-state index contributed by atoms with van der Waals surface area (Å²) in [5, 5.41) is 18.7. The van der Waals surface area contributed by atoms with Crippen molar-refractivity contribution < 1.29 is 14.2 Å². The molecule has 0 fully saturated rings. The molecular weight excluding hydrogens is 334 g/mol. The predicted molar refractivity (Wildman–Crippen MR) is 98.3 cm³/mol. The van der Waals surface area contributed by atoms with Crippen LogP contribution in [0.2, 0.25) is 0 Å². The molecule has 3 aromatic rings. The fourth-order valence-corrected chi connectivity index (χ4v) is 3.04. The van der Waals surface area contributed by atoms with E-state index < -0.39 is 4.92 Å². The van der Waals surface area contributed by atoms with E-state index in [9.17, 15) is 14.9 Å². The Bertz CT molecular complexity index is 1010. The molecule has 7 heteroatoms. The van der Waals surface area contributed by atoms with E-state index in [0.29, 0.717) is 28.9 Å². The third kappa shape index (κ3) is 3.42. The largest absolute Gasteiger partial charge is 0.356 e. The summed E-state index contributed by atoms with van der Waals surface area (Å²) in [7, 11) is 0. The lowest BCUT2D eigenvalue weighted by Crippen LogP contribution is -2.15. The summed E-state index contributed by atoms with van der Waals surface area (Å²) in [6, 6.07) is 8.63. The minimum atomic E-state index is -0.439. The Morgan fingerprint density at radius 2 is 2.04 bits per heavy atom. The van der Waals surface area contributed by atoms with Gasteiger partial charge in [-0.25, -0.2) is 0 Å². The second-order valence-corrected chi connectivity index (χ2v) is 6.27. The Morgan fingerprint density at radius 1 is 1.27 bits per heavy atom. The van der Waals surface area contributed by atoms with Crippen LogP contribution in [0, 0.1) is 24.0 Å². The maximum Gasteiger partial charge on any atom is 0.274 e. The lowest BCUT2D eigenvalue weighted by molar-refractivity contribution is -0.385. The van der Waals surface area contributed by atoms with Crippen LogP contribution in [0.3, 0.4) is 0 Å². The number of rotatable bonds is 5. The molecule has 0 spiro atoms. The molecule has 134 valence electrons. The molecule has 26 heavy (non-hydrogen) atoms. The number of nitrogens with zero attached hydrogens (tertiary/aromatic N) is 2. The van der Waals surface area contributed by atoms with Gasteiger partial charge in [0.1, 0.15) is 5.69 Å².